The molecule has 0 aliphatic carbocycles. The second kappa shape index (κ2) is 7.13. The highest BCUT2D eigenvalue weighted by Crippen LogP contribution is 2.26. The molecule has 0 fully saturated rings. The molecule has 0 unspecified atom stereocenters. The number of aromatic nitrogens is 2. The lowest BCUT2D eigenvalue weighted by Crippen LogP contribution is -2.30. The molecule has 21 heavy (non-hydrogen) atoms. The quantitative estimate of drug-likeness (QED) is 0.689. The predicted octanol–water partition coefficient (Wildman–Crippen LogP) is 3.78. The Hall–Kier alpha value is -1.28. The van der Waals surface area contributed by atoms with Crippen LogP contribution in [0.15, 0.2) is 12.3 Å². The first-order valence-electron chi connectivity index (χ1n) is 7.14. The van der Waals surface area contributed by atoms with Gasteiger partial charge in [-0.2, -0.15) is 0 Å². The summed E-state index contributed by atoms with van der Waals surface area (Å²) in [6, 6.07) is 2.03. The maximum absolute atomic E-state index is 6.13. The fraction of sp³-hybridized carbons (Fsp3) is 0.438. The molecule has 2 aromatic rings. The molecule has 5 heteroatoms. The zero-order valence-electron chi connectivity index (χ0n) is 12.9. The molecule has 0 saturated heterocycles. The second-order valence-corrected chi connectivity index (χ2v) is 6.60. The second-order valence-electron chi connectivity index (χ2n) is 4.74. The summed E-state index contributed by atoms with van der Waals surface area (Å²) < 4.78 is 2.96. The molecule has 0 spiro atoms. The van der Waals surface area contributed by atoms with Gasteiger partial charge in [0, 0.05) is 18.0 Å². The minimum absolute atomic E-state index is 0.767. The van der Waals surface area contributed by atoms with Crippen LogP contribution in [0.2, 0.25) is 4.34 Å². The lowest BCUT2D eigenvalue weighted by atomic mass is 10.3. The molecule has 0 amide bonds. The fourth-order valence-electron chi connectivity index (χ4n) is 2.18. The molecule has 3 heterocycles. The molecule has 0 saturated carbocycles. The first-order valence-corrected chi connectivity index (χ1v) is 8.34. The van der Waals surface area contributed by atoms with Crippen molar-refractivity contribution >= 4 is 22.9 Å². The van der Waals surface area contributed by atoms with E-state index < -0.39 is 0 Å². The molecule has 112 valence electrons. The largest absolute Gasteiger partial charge is 0.319 e. The summed E-state index contributed by atoms with van der Waals surface area (Å²) in [4.78, 5) is 7.88. The van der Waals surface area contributed by atoms with Crippen molar-refractivity contribution in [2.24, 2.45) is 0 Å². The van der Waals surface area contributed by atoms with Gasteiger partial charge in [-0.25, -0.2) is 4.98 Å². The van der Waals surface area contributed by atoms with E-state index in [1.54, 1.807) is 11.3 Å². The van der Waals surface area contributed by atoms with E-state index in [0.29, 0.717) is 0 Å². The Morgan fingerprint density at radius 1 is 1.29 bits per heavy atom. The number of halogens is 1. The van der Waals surface area contributed by atoms with Gasteiger partial charge in [0.25, 0.3) is 0 Å². The molecule has 3 nitrogen and oxygen atoms in total. The molecule has 0 aromatic carbocycles. The third-order valence-electron chi connectivity index (χ3n) is 3.19. The van der Waals surface area contributed by atoms with Crippen molar-refractivity contribution in [1.82, 2.24) is 14.5 Å². The van der Waals surface area contributed by atoms with Crippen LogP contribution in [0, 0.1) is 18.8 Å². The molecule has 0 atom stereocenters. The Morgan fingerprint density at radius 3 is 2.71 bits per heavy atom. The summed E-state index contributed by atoms with van der Waals surface area (Å²) >= 11 is 7.70. The number of fused-ring (bicyclic) bond motifs is 1. The minimum atomic E-state index is 0.767. The van der Waals surface area contributed by atoms with Crippen LogP contribution in [0.1, 0.15) is 35.8 Å². The van der Waals surface area contributed by atoms with Gasteiger partial charge in [-0.3, -0.25) is 4.90 Å². The van der Waals surface area contributed by atoms with Crippen LogP contribution in [-0.2, 0) is 13.1 Å². The molecular weight excluding hydrogens is 302 g/mol. The Morgan fingerprint density at radius 2 is 2.05 bits per heavy atom. The van der Waals surface area contributed by atoms with Crippen molar-refractivity contribution in [2.45, 2.75) is 33.9 Å². The van der Waals surface area contributed by atoms with Gasteiger partial charge in [0.2, 0.25) is 0 Å². The molecule has 0 radical (unpaired) electrons. The Kier molecular flexibility index (Phi) is 5.46. The van der Waals surface area contributed by atoms with Crippen molar-refractivity contribution in [3.8, 4) is 11.8 Å². The normalized spacial score (nSPS) is 13.8. The van der Waals surface area contributed by atoms with Crippen molar-refractivity contribution in [2.75, 3.05) is 13.6 Å². The topological polar surface area (TPSA) is 21.1 Å². The number of likely N-dealkylation sites (N-methyl/N-ethyl adjacent to an activating group) is 1. The highest BCUT2D eigenvalue weighted by molar-refractivity contribution is 7.16. The number of aryl methyl sites for hydroxylation is 1. The maximum atomic E-state index is 6.13. The van der Waals surface area contributed by atoms with Crippen molar-refractivity contribution < 1.29 is 0 Å². The van der Waals surface area contributed by atoms with Crippen molar-refractivity contribution in [1.29, 1.82) is 0 Å². The van der Waals surface area contributed by atoms with Gasteiger partial charge in [0.1, 0.15) is 15.9 Å². The van der Waals surface area contributed by atoms with Crippen molar-refractivity contribution in [3.63, 3.8) is 0 Å². The van der Waals surface area contributed by atoms with Crippen LogP contribution >= 0.6 is 22.9 Å². The van der Waals surface area contributed by atoms with Crippen LogP contribution in [0.4, 0.5) is 0 Å². The van der Waals surface area contributed by atoms with Gasteiger partial charge in [0.15, 0.2) is 0 Å². The number of thiophene rings is 1. The summed E-state index contributed by atoms with van der Waals surface area (Å²) in [6.45, 7) is 8.92. The van der Waals surface area contributed by atoms with Gasteiger partial charge in [0.05, 0.1) is 18.3 Å². The van der Waals surface area contributed by atoms with Crippen LogP contribution in [0.5, 0.6) is 0 Å². The van der Waals surface area contributed by atoms with E-state index in [1.165, 1.54) is 4.88 Å². The summed E-state index contributed by atoms with van der Waals surface area (Å²) in [7, 11) is 2.11. The van der Waals surface area contributed by atoms with Gasteiger partial charge in [-0.05, 0) is 26.0 Å². The average Bonchev–Trinajstić information content (AvgIpc) is 3.01. The molecule has 3 rings (SSSR count). The fourth-order valence-corrected chi connectivity index (χ4v) is 3.33. The number of rotatable bonds is 0. The Balaban J connectivity index is 0.000000774. The van der Waals surface area contributed by atoms with Crippen LogP contribution in [-0.4, -0.2) is 28.0 Å². The van der Waals surface area contributed by atoms with Crippen LogP contribution < -0.4 is 0 Å². The average molecular weight is 322 g/mol. The first-order chi connectivity index (χ1) is 10.1. The van der Waals surface area contributed by atoms with Gasteiger partial charge >= 0.3 is 0 Å². The minimum Gasteiger partial charge on any atom is -0.319 e. The Bertz CT molecular complexity index is 675. The molecule has 0 N–H and O–H groups in total. The van der Waals surface area contributed by atoms with E-state index in [1.807, 2.05) is 33.0 Å². The number of hydrogen-bond donors (Lipinski definition) is 0. The SMILES string of the molecule is CC.Cc1cc(C#Cc2cnc3n2CCN(C)C3)c(Cl)s1. The van der Waals surface area contributed by atoms with E-state index in [-0.39, 0.29) is 0 Å². The van der Waals surface area contributed by atoms with E-state index in [0.717, 1.165) is 41.1 Å². The van der Waals surface area contributed by atoms with E-state index in [9.17, 15) is 0 Å². The molecule has 0 bridgehead atoms. The first kappa shape index (κ1) is 16.1. The zero-order chi connectivity index (χ0) is 15.4. The number of nitrogens with zero attached hydrogens (tertiary/aromatic N) is 3. The molecule has 1 aliphatic heterocycles. The number of imidazole rings is 1. The van der Waals surface area contributed by atoms with Crippen LogP contribution in [0.25, 0.3) is 0 Å². The Labute approximate surface area is 135 Å². The van der Waals surface area contributed by atoms with E-state index >= 15 is 0 Å². The third kappa shape index (κ3) is 3.68. The van der Waals surface area contributed by atoms with E-state index in [2.05, 4.69) is 33.3 Å². The molecule has 2 aromatic heterocycles. The summed E-state index contributed by atoms with van der Waals surface area (Å²) in [5, 5.41) is 0. The van der Waals surface area contributed by atoms with Crippen molar-refractivity contribution in [3.05, 3.63) is 38.6 Å². The monoisotopic (exact) mass is 321 g/mol. The predicted molar refractivity (Wildman–Crippen MR) is 90.0 cm³/mol. The maximum Gasteiger partial charge on any atom is 0.123 e. The molecule has 1 aliphatic rings. The van der Waals surface area contributed by atoms with Gasteiger partial charge in [-0.15, -0.1) is 11.3 Å². The van der Waals surface area contributed by atoms with Gasteiger partial charge in [-0.1, -0.05) is 31.4 Å². The van der Waals surface area contributed by atoms with Crippen LogP contribution in [0.3, 0.4) is 0 Å². The molecular formula is C16H20ClN3S. The summed E-state index contributed by atoms with van der Waals surface area (Å²) in [5.74, 6) is 7.43. The zero-order valence-corrected chi connectivity index (χ0v) is 14.5. The van der Waals surface area contributed by atoms with E-state index in [4.69, 9.17) is 11.6 Å². The lowest BCUT2D eigenvalue weighted by Gasteiger charge is -2.23. The number of hydrogen-bond acceptors (Lipinski definition) is 3. The third-order valence-corrected chi connectivity index (χ3v) is 4.46. The highest BCUT2D eigenvalue weighted by atomic mass is 35.5. The summed E-state index contributed by atoms with van der Waals surface area (Å²) in [6.07, 6.45) is 1.86. The highest BCUT2D eigenvalue weighted by Gasteiger charge is 2.16. The standard InChI is InChI=1S/C14H14ClN3S.C2H6/c1-10-7-11(14(15)19-10)3-4-12-8-16-13-9-17(2)5-6-18(12)13;1-2/h7-8H,5-6,9H2,1-2H3;1-2H3. The summed E-state index contributed by atoms with van der Waals surface area (Å²) in [5.41, 5.74) is 1.88. The van der Waals surface area contributed by atoms with Gasteiger partial charge < -0.3 is 4.57 Å². The smallest absolute Gasteiger partial charge is 0.123 e. The lowest BCUT2D eigenvalue weighted by molar-refractivity contribution is 0.264.